The summed E-state index contributed by atoms with van der Waals surface area (Å²) in [6, 6.07) is 0. The van der Waals surface area contributed by atoms with Gasteiger partial charge in [0.05, 0.1) is 5.92 Å². The number of carboxylic acids is 1. The number of rotatable bonds is 3. The van der Waals surface area contributed by atoms with Crippen molar-refractivity contribution in [1.82, 2.24) is 9.80 Å². The zero-order valence-electron chi connectivity index (χ0n) is 12.2. The first-order chi connectivity index (χ1) is 10.1. The maximum Gasteiger partial charge on any atom is 0.308 e. The summed E-state index contributed by atoms with van der Waals surface area (Å²) < 4.78 is 0. The van der Waals surface area contributed by atoms with Crippen LogP contribution in [0.3, 0.4) is 0 Å². The summed E-state index contributed by atoms with van der Waals surface area (Å²) in [6.45, 7) is 2.23. The molecule has 3 aliphatic rings. The van der Waals surface area contributed by atoms with E-state index < -0.39 is 11.9 Å². The number of carboxylic acid groups (broad SMARTS) is 1. The highest BCUT2D eigenvalue weighted by Crippen LogP contribution is 2.33. The number of likely N-dealkylation sites (tertiary alicyclic amines) is 2. The number of carbonyl (C=O) groups is 3. The van der Waals surface area contributed by atoms with Crippen molar-refractivity contribution in [3.63, 3.8) is 0 Å². The summed E-state index contributed by atoms with van der Waals surface area (Å²) in [7, 11) is 0. The van der Waals surface area contributed by atoms with Crippen LogP contribution in [0.1, 0.15) is 32.1 Å². The van der Waals surface area contributed by atoms with Gasteiger partial charge in [0.15, 0.2) is 0 Å². The third-order valence-corrected chi connectivity index (χ3v) is 4.93. The second-order valence-electron chi connectivity index (χ2n) is 6.48. The molecule has 3 fully saturated rings. The number of aliphatic carboxylic acids is 1. The summed E-state index contributed by atoms with van der Waals surface area (Å²) in [5.41, 5.74) is 0. The van der Waals surface area contributed by atoms with Crippen molar-refractivity contribution < 1.29 is 19.5 Å². The molecule has 116 valence electrons. The van der Waals surface area contributed by atoms with E-state index in [9.17, 15) is 14.4 Å². The molecule has 0 aromatic rings. The van der Waals surface area contributed by atoms with E-state index in [1.165, 1.54) is 0 Å². The van der Waals surface area contributed by atoms with Crippen molar-refractivity contribution in [2.75, 3.05) is 26.2 Å². The van der Waals surface area contributed by atoms with Crippen LogP contribution in [0.15, 0.2) is 0 Å². The van der Waals surface area contributed by atoms with Gasteiger partial charge < -0.3 is 14.9 Å². The highest BCUT2D eigenvalue weighted by molar-refractivity contribution is 5.83. The lowest BCUT2D eigenvalue weighted by Crippen LogP contribution is -2.44. The Kier molecular flexibility index (Phi) is 3.87. The van der Waals surface area contributed by atoms with Gasteiger partial charge in [-0.1, -0.05) is 0 Å². The molecule has 2 amide bonds. The molecule has 0 spiro atoms. The van der Waals surface area contributed by atoms with Gasteiger partial charge in [0.25, 0.3) is 0 Å². The normalized spacial score (nSPS) is 27.0. The lowest BCUT2D eigenvalue weighted by molar-refractivity contribution is -0.143. The van der Waals surface area contributed by atoms with E-state index in [0.717, 1.165) is 12.8 Å². The van der Waals surface area contributed by atoms with Crippen molar-refractivity contribution in [3.8, 4) is 0 Å². The molecule has 1 aliphatic carbocycles. The minimum absolute atomic E-state index is 0.0409. The maximum atomic E-state index is 12.4. The molecule has 2 aliphatic heterocycles. The summed E-state index contributed by atoms with van der Waals surface area (Å²) in [5.74, 6) is -0.682. The van der Waals surface area contributed by atoms with E-state index in [0.29, 0.717) is 45.4 Å². The van der Waals surface area contributed by atoms with Gasteiger partial charge in [-0.3, -0.25) is 14.4 Å². The standard InChI is InChI=1S/C15H22N2O4/c18-13(10-1-2-10)16-6-3-11(4-7-16)14(19)17-8-5-12(9-17)15(20)21/h10-12H,1-9H2,(H,20,21). The molecule has 1 unspecified atom stereocenters. The van der Waals surface area contributed by atoms with E-state index in [4.69, 9.17) is 5.11 Å². The number of hydrogen-bond donors (Lipinski definition) is 1. The first-order valence-corrected chi connectivity index (χ1v) is 7.86. The zero-order chi connectivity index (χ0) is 15.0. The lowest BCUT2D eigenvalue weighted by atomic mass is 9.95. The molecule has 6 heteroatoms. The Labute approximate surface area is 124 Å². The molecule has 0 aromatic heterocycles. The van der Waals surface area contributed by atoms with Crippen LogP contribution >= 0.6 is 0 Å². The van der Waals surface area contributed by atoms with Gasteiger partial charge in [0.1, 0.15) is 0 Å². The van der Waals surface area contributed by atoms with Crippen LogP contribution in [-0.4, -0.2) is 58.9 Å². The first-order valence-electron chi connectivity index (χ1n) is 7.86. The van der Waals surface area contributed by atoms with Gasteiger partial charge in [-0.25, -0.2) is 0 Å². The van der Waals surface area contributed by atoms with Gasteiger partial charge in [-0.05, 0) is 32.1 Å². The van der Waals surface area contributed by atoms with Crippen LogP contribution in [0.5, 0.6) is 0 Å². The lowest BCUT2D eigenvalue weighted by Gasteiger charge is -2.33. The minimum Gasteiger partial charge on any atom is -0.481 e. The molecule has 3 rings (SSSR count). The van der Waals surface area contributed by atoms with Gasteiger partial charge in [-0.15, -0.1) is 0 Å². The van der Waals surface area contributed by atoms with Crippen molar-refractivity contribution in [2.45, 2.75) is 32.1 Å². The van der Waals surface area contributed by atoms with E-state index in [1.807, 2.05) is 4.90 Å². The highest BCUT2D eigenvalue weighted by Gasteiger charge is 2.38. The number of amides is 2. The van der Waals surface area contributed by atoms with Crippen LogP contribution in [0, 0.1) is 17.8 Å². The van der Waals surface area contributed by atoms with Crippen LogP contribution in [0.25, 0.3) is 0 Å². The van der Waals surface area contributed by atoms with E-state index in [-0.39, 0.29) is 23.7 Å². The van der Waals surface area contributed by atoms with Crippen LogP contribution in [-0.2, 0) is 14.4 Å². The number of piperidine rings is 1. The third kappa shape index (κ3) is 3.04. The Bertz CT molecular complexity index is 453. The molecule has 2 saturated heterocycles. The van der Waals surface area contributed by atoms with Crippen LogP contribution in [0.2, 0.25) is 0 Å². The molecule has 21 heavy (non-hydrogen) atoms. The van der Waals surface area contributed by atoms with Crippen LogP contribution in [0.4, 0.5) is 0 Å². The largest absolute Gasteiger partial charge is 0.481 e. The first kappa shape index (κ1) is 14.4. The molecular formula is C15H22N2O4. The molecule has 0 bridgehead atoms. The Morgan fingerprint density at radius 1 is 0.714 bits per heavy atom. The fourth-order valence-corrected chi connectivity index (χ4v) is 3.36. The Hall–Kier alpha value is -1.59. The van der Waals surface area contributed by atoms with E-state index in [1.54, 1.807) is 4.90 Å². The quantitative estimate of drug-likeness (QED) is 0.825. The van der Waals surface area contributed by atoms with Crippen molar-refractivity contribution in [2.24, 2.45) is 17.8 Å². The van der Waals surface area contributed by atoms with Crippen molar-refractivity contribution >= 4 is 17.8 Å². The van der Waals surface area contributed by atoms with Crippen LogP contribution < -0.4 is 0 Å². The summed E-state index contributed by atoms with van der Waals surface area (Å²) in [6.07, 6.45) is 4.02. The Balaban J connectivity index is 1.49. The maximum absolute atomic E-state index is 12.4. The average Bonchev–Trinajstić information content (AvgIpc) is 3.22. The molecule has 1 N–H and O–H groups in total. The molecule has 0 radical (unpaired) electrons. The Morgan fingerprint density at radius 2 is 1.19 bits per heavy atom. The topological polar surface area (TPSA) is 77.9 Å². The molecule has 1 saturated carbocycles. The molecular weight excluding hydrogens is 272 g/mol. The number of hydrogen-bond acceptors (Lipinski definition) is 3. The van der Waals surface area contributed by atoms with E-state index >= 15 is 0 Å². The highest BCUT2D eigenvalue weighted by atomic mass is 16.4. The predicted molar refractivity (Wildman–Crippen MR) is 74.4 cm³/mol. The Morgan fingerprint density at radius 3 is 1.71 bits per heavy atom. The van der Waals surface area contributed by atoms with Gasteiger partial charge in [-0.2, -0.15) is 0 Å². The van der Waals surface area contributed by atoms with Crippen molar-refractivity contribution in [1.29, 1.82) is 0 Å². The summed E-state index contributed by atoms with van der Waals surface area (Å²) in [5, 5.41) is 8.99. The third-order valence-electron chi connectivity index (χ3n) is 4.93. The van der Waals surface area contributed by atoms with Crippen molar-refractivity contribution in [3.05, 3.63) is 0 Å². The predicted octanol–water partition coefficient (Wildman–Crippen LogP) is 0.568. The average molecular weight is 294 g/mol. The number of nitrogens with zero attached hydrogens (tertiary/aromatic N) is 2. The fraction of sp³-hybridized carbons (Fsp3) is 0.800. The second-order valence-corrected chi connectivity index (χ2v) is 6.48. The molecule has 6 nitrogen and oxygen atoms in total. The molecule has 2 heterocycles. The minimum atomic E-state index is -0.810. The fourth-order valence-electron chi connectivity index (χ4n) is 3.36. The SMILES string of the molecule is O=C(O)C1CCN(C(=O)C2CCN(C(=O)C3CC3)CC2)C1. The zero-order valence-corrected chi connectivity index (χ0v) is 12.2. The number of carbonyl (C=O) groups excluding carboxylic acids is 2. The smallest absolute Gasteiger partial charge is 0.308 e. The monoisotopic (exact) mass is 294 g/mol. The molecule has 0 aromatic carbocycles. The summed E-state index contributed by atoms with van der Waals surface area (Å²) >= 11 is 0. The second kappa shape index (κ2) is 5.66. The summed E-state index contributed by atoms with van der Waals surface area (Å²) in [4.78, 5) is 38.9. The molecule has 1 atom stereocenters. The van der Waals surface area contributed by atoms with Gasteiger partial charge >= 0.3 is 5.97 Å². The van der Waals surface area contributed by atoms with Gasteiger partial charge in [0.2, 0.25) is 11.8 Å². The van der Waals surface area contributed by atoms with Gasteiger partial charge in [0, 0.05) is 38.0 Å². The van der Waals surface area contributed by atoms with E-state index in [2.05, 4.69) is 0 Å².